The lowest BCUT2D eigenvalue weighted by atomic mass is 10.2. The van der Waals surface area contributed by atoms with Gasteiger partial charge in [0.15, 0.2) is 0 Å². The minimum atomic E-state index is 0.875. The first kappa shape index (κ1) is 17.9. The first-order valence-corrected chi connectivity index (χ1v) is 9.92. The lowest BCUT2D eigenvalue weighted by molar-refractivity contribution is 0.126. The minimum absolute atomic E-state index is 0.875. The van der Waals surface area contributed by atoms with Crippen molar-refractivity contribution < 1.29 is 0 Å². The molecule has 1 aromatic carbocycles. The maximum atomic E-state index is 5.94. The molecular formula is C19H26ClN3S. The molecule has 2 aromatic rings. The quantitative estimate of drug-likeness (QED) is 0.721. The number of nitrogens with one attached hydrogen (secondary N) is 1. The maximum Gasteiger partial charge on any atom is 0.0931 e. The normalized spacial score (nSPS) is 16.5. The fourth-order valence-corrected chi connectivity index (χ4v) is 4.16. The van der Waals surface area contributed by atoms with E-state index in [-0.39, 0.29) is 0 Å². The maximum absolute atomic E-state index is 5.94. The van der Waals surface area contributed by atoms with E-state index in [1.54, 1.807) is 11.3 Å². The lowest BCUT2D eigenvalue weighted by Crippen LogP contribution is -2.46. The zero-order valence-electron chi connectivity index (χ0n) is 14.1. The van der Waals surface area contributed by atoms with E-state index in [2.05, 4.69) is 51.5 Å². The van der Waals surface area contributed by atoms with Crippen molar-refractivity contribution in [3.63, 3.8) is 0 Å². The summed E-state index contributed by atoms with van der Waals surface area (Å²) < 4.78 is 0.875. The van der Waals surface area contributed by atoms with Crippen LogP contribution in [0.15, 0.2) is 42.5 Å². The molecule has 0 spiro atoms. The van der Waals surface area contributed by atoms with Gasteiger partial charge in [0.25, 0.3) is 0 Å². The largest absolute Gasteiger partial charge is 0.312 e. The van der Waals surface area contributed by atoms with Gasteiger partial charge in [0, 0.05) is 44.1 Å². The number of halogens is 1. The Morgan fingerprint density at radius 1 is 0.958 bits per heavy atom. The summed E-state index contributed by atoms with van der Waals surface area (Å²) in [6.45, 7) is 9.01. The van der Waals surface area contributed by atoms with Crippen molar-refractivity contribution in [2.24, 2.45) is 0 Å². The van der Waals surface area contributed by atoms with Gasteiger partial charge in [0.05, 0.1) is 4.34 Å². The second-order valence-electron chi connectivity index (χ2n) is 6.34. The molecule has 3 nitrogen and oxygen atoms in total. The summed E-state index contributed by atoms with van der Waals surface area (Å²) in [4.78, 5) is 6.46. The molecule has 3 rings (SSSR count). The van der Waals surface area contributed by atoms with E-state index in [4.69, 9.17) is 11.6 Å². The molecule has 130 valence electrons. The predicted octanol–water partition coefficient (Wildman–Crippen LogP) is 3.70. The highest BCUT2D eigenvalue weighted by Crippen LogP contribution is 2.20. The Bertz CT molecular complexity index is 594. The minimum Gasteiger partial charge on any atom is -0.312 e. The van der Waals surface area contributed by atoms with Gasteiger partial charge in [0.2, 0.25) is 0 Å². The van der Waals surface area contributed by atoms with E-state index >= 15 is 0 Å². The van der Waals surface area contributed by atoms with E-state index in [0.717, 1.165) is 24.0 Å². The van der Waals surface area contributed by atoms with Crippen molar-refractivity contribution in [2.75, 3.05) is 39.3 Å². The van der Waals surface area contributed by atoms with Gasteiger partial charge in [-0.2, -0.15) is 0 Å². The second kappa shape index (κ2) is 9.54. The summed E-state index contributed by atoms with van der Waals surface area (Å²) in [6.07, 6.45) is 1.21. The third-order valence-electron chi connectivity index (χ3n) is 4.47. The van der Waals surface area contributed by atoms with Crippen LogP contribution in [0.1, 0.15) is 16.9 Å². The first-order chi connectivity index (χ1) is 11.8. The van der Waals surface area contributed by atoms with Crippen molar-refractivity contribution in [3.05, 3.63) is 57.2 Å². The topological polar surface area (TPSA) is 18.5 Å². The van der Waals surface area contributed by atoms with Crippen LogP contribution >= 0.6 is 22.9 Å². The number of hydrogen-bond donors (Lipinski definition) is 1. The highest BCUT2D eigenvalue weighted by atomic mass is 35.5. The highest BCUT2D eigenvalue weighted by molar-refractivity contribution is 7.16. The number of nitrogens with zero attached hydrogens (tertiary/aromatic N) is 2. The van der Waals surface area contributed by atoms with Gasteiger partial charge in [0.1, 0.15) is 0 Å². The molecule has 0 atom stereocenters. The van der Waals surface area contributed by atoms with Crippen LogP contribution in [0.2, 0.25) is 4.34 Å². The SMILES string of the molecule is Clc1ccc(CNCCCN2CCN(Cc3ccccc3)CC2)s1. The molecule has 1 N–H and O–H groups in total. The van der Waals surface area contributed by atoms with E-state index in [1.165, 1.54) is 49.6 Å². The third-order valence-corrected chi connectivity index (χ3v) is 5.70. The molecular weight excluding hydrogens is 338 g/mol. The van der Waals surface area contributed by atoms with Gasteiger partial charge >= 0.3 is 0 Å². The molecule has 1 saturated heterocycles. The summed E-state index contributed by atoms with van der Waals surface area (Å²) >= 11 is 7.61. The zero-order chi connectivity index (χ0) is 16.6. The Kier molecular flexibility index (Phi) is 7.12. The van der Waals surface area contributed by atoms with Crippen LogP contribution in [0.4, 0.5) is 0 Å². The molecule has 0 unspecified atom stereocenters. The van der Waals surface area contributed by atoms with E-state index in [1.807, 2.05) is 6.07 Å². The fourth-order valence-electron chi connectivity index (χ4n) is 3.10. The summed E-state index contributed by atoms with van der Waals surface area (Å²) in [5.41, 5.74) is 1.42. The van der Waals surface area contributed by atoms with Gasteiger partial charge in [-0.05, 0) is 37.2 Å². The van der Waals surface area contributed by atoms with Crippen molar-refractivity contribution >= 4 is 22.9 Å². The van der Waals surface area contributed by atoms with Crippen LogP contribution in [-0.2, 0) is 13.1 Å². The number of thiophene rings is 1. The molecule has 0 aliphatic carbocycles. The molecule has 1 aliphatic heterocycles. The molecule has 1 aliphatic rings. The van der Waals surface area contributed by atoms with Gasteiger partial charge in [-0.1, -0.05) is 41.9 Å². The van der Waals surface area contributed by atoms with Crippen molar-refractivity contribution in [2.45, 2.75) is 19.5 Å². The first-order valence-electron chi connectivity index (χ1n) is 8.73. The summed E-state index contributed by atoms with van der Waals surface area (Å²) in [7, 11) is 0. The average molecular weight is 364 g/mol. The second-order valence-corrected chi connectivity index (χ2v) is 8.14. The molecule has 5 heteroatoms. The van der Waals surface area contributed by atoms with E-state index in [9.17, 15) is 0 Å². The standard InChI is InChI=1S/C19H26ClN3S/c20-19-8-7-18(24-19)15-21-9-4-10-22-11-13-23(14-12-22)16-17-5-2-1-3-6-17/h1-3,5-8,21H,4,9-16H2. The molecule has 0 saturated carbocycles. The predicted molar refractivity (Wildman–Crippen MR) is 104 cm³/mol. The van der Waals surface area contributed by atoms with Crippen LogP contribution < -0.4 is 5.32 Å². The molecule has 2 heterocycles. The molecule has 1 aromatic heterocycles. The van der Waals surface area contributed by atoms with Crippen LogP contribution in [0.3, 0.4) is 0 Å². The van der Waals surface area contributed by atoms with Gasteiger partial charge in [-0.15, -0.1) is 11.3 Å². The van der Waals surface area contributed by atoms with Crippen molar-refractivity contribution in [1.29, 1.82) is 0 Å². The molecule has 1 fully saturated rings. The summed E-state index contributed by atoms with van der Waals surface area (Å²) in [5.74, 6) is 0. The van der Waals surface area contributed by atoms with E-state index < -0.39 is 0 Å². The Labute approximate surface area is 154 Å². The Balaban J connectivity index is 1.26. The Morgan fingerprint density at radius 2 is 1.71 bits per heavy atom. The Morgan fingerprint density at radius 3 is 2.42 bits per heavy atom. The summed E-state index contributed by atoms with van der Waals surface area (Å²) in [6, 6.07) is 14.9. The molecule has 0 amide bonds. The number of hydrogen-bond acceptors (Lipinski definition) is 4. The monoisotopic (exact) mass is 363 g/mol. The molecule has 24 heavy (non-hydrogen) atoms. The van der Waals surface area contributed by atoms with Crippen molar-refractivity contribution in [3.8, 4) is 0 Å². The Hall–Kier alpha value is -0.910. The van der Waals surface area contributed by atoms with Crippen molar-refractivity contribution in [1.82, 2.24) is 15.1 Å². The third kappa shape index (κ3) is 5.87. The zero-order valence-corrected chi connectivity index (χ0v) is 15.7. The van der Waals surface area contributed by atoms with Crippen LogP contribution in [-0.4, -0.2) is 49.1 Å². The lowest BCUT2D eigenvalue weighted by Gasteiger charge is -2.34. The molecule has 0 bridgehead atoms. The van der Waals surface area contributed by atoms with Crippen LogP contribution in [0.25, 0.3) is 0 Å². The van der Waals surface area contributed by atoms with Gasteiger partial charge in [-0.25, -0.2) is 0 Å². The smallest absolute Gasteiger partial charge is 0.0931 e. The van der Waals surface area contributed by atoms with Crippen LogP contribution in [0.5, 0.6) is 0 Å². The number of benzene rings is 1. The number of piperazine rings is 1. The van der Waals surface area contributed by atoms with E-state index in [0.29, 0.717) is 0 Å². The molecule has 0 radical (unpaired) electrons. The van der Waals surface area contributed by atoms with Crippen LogP contribution in [0, 0.1) is 0 Å². The average Bonchev–Trinajstić information content (AvgIpc) is 3.02. The van der Waals surface area contributed by atoms with Gasteiger partial charge < -0.3 is 10.2 Å². The van der Waals surface area contributed by atoms with Gasteiger partial charge in [-0.3, -0.25) is 4.90 Å². The fraction of sp³-hybridized carbons (Fsp3) is 0.474. The number of rotatable bonds is 8. The summed E-state index contributed by atoms with van der Waals surface area (Å²) in [5, 5.41) is 3.51. The highest BCUT2D eigenvalue weighted by Gasteiger charge is 2.16.